The zero-order valence-electron chi connectivity index (χ0n) is 9.74. The van der Waals surface area contributed by atoms with Gasteiger partial charge in [0.15, 0.2) is 0 Å². The van der Waals surface area contributed by atoms with Crippen molar-refractivity contribution in [2.45, 2.75) is 6.92 Å². The average molecular weight is 279 g/mol. The highest BCUT2D eigenvalue weighted by Crippen LogP contribution is 2.27. The lowest BCUT2D eigenvalue weighted by molar-refractivity contribution is 0.502. The van der Waals surface area contributed by atoms with Crippen molar-refractivity contribution in [3.8, 4) is 11.5 Å². The van der Waals surface area contributed by atoms with Crippen molar-refractivity contribution in [1.82, 2.24) is 4.98 Å². The van der Waals surface area contributed by atoms with E-state index in [9.17, 15) is 13.6 Å². The maximum absolute atomic E-state index is 13.7. The first-order valence-corrected chi connectivity index (χ1v) is 6.29. The Kier molecular flexibility index (Phi) is 2.67. The average Bonchev–Trinajstić information content (AvgIpc) is 2.72. The quantitative estimate of drug-likeness (QED) is 0.684. The van der Waals surface area contributed by atoms with Crippen molar-refractivity contribution < 1.29 is 13.2 Å². The van der Waals surface area contributed by atoms with Crippen molar-refractivity contribution in [3.63, 3.8) is 0 Å². The molecular weight excluding hydrogens is 272 g/mol. The SMILES string of the molecule is Cc1csc2c(=O)oc(-c3c(F)cccc3F)nc12. The van der Waals surface area contributed by atoms with Crippen molar-refractivity contribution in [2.75, 3.05) is 0 Å². The first kappa shape index (κ1) is 12.0. The number of benzene rings is 1. The number of nitrogens with zero attached hydrogens (tertiary/aromatic N) is 1. The van der Waals surface area contributed by atoms with Crippen molar-refractivity contribution in [2.24, 2.45) is 0 Å². The summed E-state index contributed by atoms with van der Waals surface area (Å²) in [6.45, 7) is 1.77. The summed E-state index contributed by atoms with van der Waals surface area (Å²) in [5.41, 5.74) is 0.123. The molecule has 0 N–H and O–H groups in total. The van der Waals surface area contributed by atoms with E-state index in [0.717, 1.165) is 17.7 Å². The maximum Gasteiger partial charge on any atom is 0.357 e. The molecule has 0 amide bonds. The van der Waals surface area contributed by atoms with Crippen LogP contribution in [0.25, 0.3) is 21.7 Å². The molecule has 3 aromatic rings. The van der Waals surface area contributed by atoms with Crippen LogP contribution in [0.3, 0.4) is 0 Å². The fourth-order valence-electron chi connectivity index (χ4n) is 1.79. The molecule has 6 heteroatoms. The summed E-state index contributed by atoms with van der Waals surface area (Å²) in [4.78, 5) is 15.8. The molecule has 3 nitrogen and oxygen atoms in total. The van der Waals surface area contributed by atoms with Gasteiger partial charge >= 0.3 is 5.63 Å². The molecular formula is C13H7F2NO2S. The molecule has 2 aromatic heterocycles. The predicted octanol–water partition coefficient (Wildman–Crippen LogP) is 3.50. The van der Waals surface area contributed by atoms with Crippen LogP contribution in [0.4, 0.5) is 8.78 Å². The fraction of sp³-hybridized carbons (Fsp3) is 0.0769. The highest BCUT2D eigenvalue weighted by atomic mass is 32.1. The second kappa shape index (κ2) is 4.24. The van der Waals surface area contributed by atoms with E-state index in [0.29, 0.717) is 10.2 Å². The van der Waals surface area contributed by atoms with Crippen LogP contribution in [0.2, 0.25) is 0 Å². The lowest BCUT2D eigenvalue weighted by Gasteiger charge is -2.02. The number of halogens is 2. The molecule has 0 atom stereocenters. The number of hydrogen-bond donors (Lipinski definition) is 0. The van der Waals surface area contributed by atoms with E-state index in [1.165, 1.54) is 17.4 Å². The van der Waals surface area contributed by atoms with Gasteiger partial charge in [-0.05, 0) is 30.0 Å². The maximum atomic E-state index is 13.7. The third-order valence-corrected chi connectivity index (χ3v) is 3.77. The standard InChI is InChI=1S/C13H7F2NO2S/c1-6-5-19-11-10(6)16-12(18-13(11)17)9-7(14)3-2-4-8(9)15/h2-5H,1H3. The van der Waals surface area contributed by atoms with Crippen molar-refractivity contribution in [1.29, 1.82) is 0 Å². The Morgan fingerprint density at radius 3 is 2.63 bits per heavy atom. The molecule has 0 saturated heterocycles. The zero-order chi connectivity index (χ0) is 13.6. The zero-order valence-corrected chi connectivity index (χ0v) is 10.6. The minimum absolute atomic E-state index is 0.338. The van der Waals surface area contributed by atoms with Gasteiger partial charge in [0, 0.05) is 0 Å². The molecule has 0 aliphatic rings. The molecule has 2 heterocycles. The summed E-state index contributed by atoms with van der Waals surface area (Å²) in [6.07, 6.45) is 0. The number of fused-ring (bicyclic) bond motifs is 1. The largest absolute Gasteiger partial charge is 0.402 e. The van der Waals surface area contributed by atoms with Gasteiger partial charge in [-0.3, -0.25) is 0 Å². The van der Waals surface area contributed by atoms with Gasteiger partial charge < -0.3 is 4.42 Å². The lowest BCUT2D eigenvalue weighted by atomic mass is 10.2. The first-order chi connectivity index (χ1) is 9.08. The van der Waals surface area contributed by atoms with Crippen LogP contribution >= 0.6 is 11.3 Å². The minimum Gasteiger partial charge on any atom is -0.402 e. The molecule has 0 radical (unpaired) electrons. The molecule has 0 unspecified atom stereocenters. The van der Waals surface area contributed by atoms with E-state index < -0.39 is 22.8 Å². The number of aromatic nitrogens is 1. The van der Waals surface area contributed by atoms with Crippen LogP contribution < -0.4 is 5.63 Å². The molecule has 0 saturated carbocycles. The molecule has 0 aliphatic heterocycles. The van der Waals surface area contributed by atoms with Gasteiger partial charge in [0.2, 0.25) is 5.89 Å². The third kappa shape index (κ3) is 1.84. The van der Waals surface area contributed by atoms with Crippen LogP contribution in [-0.2, 0) is 0 Å². The molecule has 0 fully saturated rings. The Hall–Kier alpha value is -2.08. The van der Waals surface area contributed by atoms with Crippen molar-refractivity contribution >= 4 is 21.6 Å². The smallest absolute Gasteiger partial charge is 0.357 e. The van der Waals surface area contributed by atoms with Crippen LogP contribution in [0, 0.1) is 18.6 Å². The minimum atomic E-state index is -0.817. The van der Waals surface area contributed by atoms with Crippen molar-refractivity contribution in [3.05, 3.63) is 51.2 Å². The van der Waals surface area contributed by atoms with Crippen LogP contribution in [0.15, 0.2) is 32.8 Å². The summed E-state index contributed by atoms with van der Waals surface area (Å²) in [5, 5.41) is 1.75. The van der Waals surface area contributed by atoms with E-state index in [1.54, 1.807) is 12.3 Å². The molecule has 0 aliphatic carbocycles. The topological polar surface area (TPSA) is 43.1 Å². The molecule has 19 heavy (non-hydrogen) atoms. The summed E-state index contributed by atoms with van der Waals surface area (Å²) < 4.78 is 32.6. The second-order valence-corrected chi connectivity index (χ2v) is 4.88. The van der Waals surface area contributed by atoms with E-state index >= 15 is 0 Å². The fourth-order valence-corrected chi connectivity index (χ4v) is 2.65. The van der Waals surface area contributed by atoms with E-state index in [1.807, 2.05) is 0 Å². The Morgan fingerprint density at radius 2 is 1.95 bits per heavy atom. The molecule has 3 rings (SSSR count). The Bertz CT molecular complexity index is 818. The summed E-state index contributed by atoms with van der Waals surface area (Å²) in [5.74, 6) is -1.97. The van der Waals surface area contributed by atoms with Crippen LogP contribution in [-0.4, -0.2) is 4.98 Å². The van der Waals surface area contributed by atoms with E-state index in [4.69, 9.17) is 4.42 Å². The van der Waals surface area contributed by atoms with Gasteiger partial charge in [-0.2, -0.15) is 0 Å². The van der Waals surface area contributed by atoms with E-state index in [-0.39, 0.29) is 5.89 Å². The second-order valence-electron chi connectivity index (χ2n) is 4.00. The van der Waals surface area contributed by atoms with Gasteiger partial charge in [0.1, 0.15) is 21.9 Å². The van der Waals surface area contributed by atoms with Gasteiger partial charge in [-0.15, -0.1) is 11.3 Å². The van der Waals surface area contributed by atoms with Gasteiger partial charge in [-0.25, -0.2) is 18.6 Å². The van der Waals surface area contributed by atoms with E-state index in [2.05, 4.69) is 4.98 Å². The molecule has 0 spiro atoms. The molecule has 1 aromatic carbocycles. The summed E-state index contributed by atoms with van der Waals surface area (Å²) >= 11 is 1.20. The molecule has 0 bridgehead atoms. The Morgan fingerprint density at radius 1 is 1.26 bits per heavy atom. The Labute approximate surface area is 110 Å². The highest BCUT2D eigenvalue weighted by molar-refractivity contribution is 7.17. The normalized spacial score (nSPS) is 11.1. The highest BCUT2D eigenvalue weighted by Gasteiger charge is 2.18. The number of hydrogen-bond acceptors (Lipinski definition) is 4. The predicted molar refractivity (Wildman–Crippen MR) is 68.2 cm³/mol. The lowest BCUT2D eigenvalue weighted by Crippen LogP contribution is -2.03. The first-order valence-electron chi connectivity index (χ1n) is 5.41. The number of aryl methyl sites for hydroxylation is 1. The van der Waals surface area contributed by atoms with Gasteiger partial charge in [0.25, 0.3) is 0 Å². The molecule has 96 valence electrons. The van der Waals surface area contributed by atoms with Gasteiger partial charge in [0.05, 0.1) is 5.52 Å². The summed E-state index contributed by atoms with van der Waals surface area (Å²) in [7, 11) is 0. The van der Waals surface area contributed by atoms with Crippen LogP contribution in [0.1, 0.15) is 5.56 Å². The number of thiophene rings is 1. The summed E-state index contributed by atoms with van der Waals surface area (Å²) in [6, 6.07) is 3.41. The van der Waals surface area contributed by atoms with Crippen LogP contribution in [0.5, 0.6) is 0 Å². The monoisotopic (exact) mass is 279 g/mol. The number of rotatable bonds is 1. The third-order valence-electron chi connectivity index (χ3n) is 2.71. The Balaban J connectivity index is 2.38. The van der Waals surface area contributed by atoms with Gasteiger partial charge in [-0.1, -0.05) is 6.07 Å².